The Labute approximate surface area is 125 Å². The molecule has 3 rings (SSSR count). The van der Waals surface area contributed by atoms with Gasteiger partial charge < -0.3 is 5.32 Å². The fourth-order valence-corrected chi connectivity index (χ4v) is 4.33. The van der Waals surface area contributed by atoms with Crippen LogP contribution in [0.25, 0.3) is 0 Å². The molecule has 1 aliphatic carbocycles. The quantitative estimate of drug-likeness (QED) is 0.833. The monoisotopic (exact) mass is 279 g/mol. The van der Waals surface area contributed by atoms with Gasteiger partial charge in [-0.15, -0.1) is 0 Å². The fraction of sp³-hybridized carbons (Fsp3) is 1.00. The van der Waals surface area contributed by atoms with E-state index in [1.807, 2.05) is 0 Å². The molecule has 0 amide bonds. The van der Waals surface area contributed by atoms with Crippen LogP contribution in [0.2, 0.25) is 0 Å². The van der Waals surface area contributed by atoms with E-state index in [9.17, 15) is 0 Å². The minimum Gasteiger partial charge on any atom is -0.317 e. The summed E-state index contributed by atoms with van der Waals surface area (Å²) in [6, 6.07) is 3.24. The van der Waals surface area contributed by atoms with Gasteiger partial charge in [-0.2, -0.15) is 0 Å². The van der Waals surface area contributed by atoms with Crippen molar-refractivity contribution in [2.75, 3.05) is 26.2 Å². The zero-order chi connectivity index (χ0) is 14.1. The van der Waals surface area contributed by atoms with Crippen molar-refractivity contribution < 1.29 is 0 Å². The molecule has 2 saturated heterocycles. The molecule has 0 bridgehead atoms. The van der Waals surface area contributed by atoms with Crippen molar-refractivity contribution in [2.24, 2.45) is 5.92 Å². The lowest BCUT2D eigenvalue weighted by Crippen LogP contribution is -2.46. The highest BCUT2D eigenvalue weighted by atomic mass is 15.3. The Bertz CT molecular complexity index is 307. The Kier molecular flexibility index (Phi) is 4.68. The maximum atomic E-state index is 3.50. The lowest BCUT2D eigenvalue weighted by atomic mass is 9.96. The molecule has 3 heteroatoms. The first-order valence-electron chi connectivity index (χ1n) is 8.87. The van der Waals surface area contributed by atoms with Gasteiger partial charge in [0.1, 0.15) is 0 Å². The smallest absolute Gasteiger partial charge is 0.0240 e. The number of likely N-dealkylation sites (tertiary alicyclic amines) is 1. The molecular weight excluding hydrogens is 246 g/mol. The molecule has 0 aromatic heterocycles. The van der Waals surface area contributed by atoms with Crippen LogP contribution in [0.5, 0.6) is 0 Å². The van der Waals surface area contributed by atoms with Crippen molar-refractivity contribution in [2.45, 2.75) is 77.0 Å². The number of nitrogens with zero attached hydrogens (tertiary/aromatic N) is 2. The second-order valence-electron chi connectivity index (χ2n) is 7.65. The van der Waals surface area contributed by atoms with Gasteiger partial charge in [-0.05, 0) is 71.9 Å². The second-order valence-corrected chi connectivity index (χ2v) is 7.65. The van der Waals surface area contributed by atoms with Crippen LogP contribution < -0.4 is 5.32 Å². The summed E-state index contributed by atoms with van der Waals surface area (Å²) in [6.45, 7) is 12.3. The Hall–Kier alpha value is -0.120. The molecule has 2 heterocycles. The summed E-state index contributed by atoms with van der Waals surface area (Å²) in [7, 11) is 0. The summed E-state index contributed by atoms with van der Waals surface area (Å²) in [6.07, 6.45) is 7.04. The van der Waals surface area contributed by atoms with Gasteiger partial charge in [0.05, 0.1) is 0 Å². The lowest BCUT2D eigenvalue weighted by Gasteiger charge is -2.37. The van der Waals surface area contributed by atoms with Gasteiger partial charge in [0, 0.05) is 37.3 Å². The van der Waals surface area contributed by atoms with Gasteiger partial charge in [-0.1, -0.05) is 0 Å². The van der Waals surface area contributed by atoms with Crippen molar-refractivity contribution in [3.05, 3.63) is 0 Å². The third-order valence-electron chi connectivity index (χ3n) is 5.68. The van der Waals surface area contributed by atoms with E-state index >= 15 is 0 Å². The Balaban J connectivity index is 1.58. The van der Waals surface area contributed by atoms with Gasteiger partial charge >= 0.3 is 0 Å². The van der Waals surface area contributed by atoms with Gasteiger partial charge in [0.15, 0.2) is 0 Å². The minimum absolute atomic E-state index is 0.696. The third kappa shape index (κ3) is 3.37. The molecule has 0 radical (unpaired) electrons. The largest absolute Gasteiger partial charge is 0.317 e. The van der Waals surface area contributed by atoms with Gasteiger partial charge in [0.25, 0.3) is 0 Å². The molecule has 2 aliphatic heterocycles. The van der Waals surface area contributed by atoms with E-state index in [-0.39, 0.29) is 0 Å². The first-order chi connectivity index (χ1) is 9.65. The molecule has 116 valence electrons. The number of rotatable bonds is 5. The van der Waals surface area contributed by atoms with E-state index in [4.69, 9.17) is 0 Å². The van der Waals surface area contributed by atoms with Crippen LogP contribution in [-0.4, -0.2) is 60.1 Å². The summed E-state index contributed by atoms with van der Waals surface area (Å²) < 4.78 is 0. The Morgan fingerprint density at radius 2 is 1.85 bits per heavy atom. The minimum atomic E-state index is 0.696. The van der Waals surface area contributed by atoms with E-state index in [1.54, 1.807) is 0 Å². The maximum Gasteiger partial charge on any atom is 0.0240 e. The second kappa shape index (κ2) is 6.33. The Morgan fingerprint density at radius 1 is 1.15 bits per heavy atom. The zero-order valence-electron chi connectivity index (χ0n) is 13.6. The molecule has 2 unspecified atom stereocenters. The molecule has 3 aliphatic rings. The van der Waals surface area contributed by atoms with E-state index < -0.39 is 0 Å². The molecule has 1 saturated carbocycles. The van der Waals surface area contributed by atoms with Gasteiger partial charge in [0.2, 0.25) is 0 Å². The van der Waals surface area contributed by atoms with Crippen LogP contribution in [0, 0.1) is 5.92 Å². The fourth-order valence-electron chi connectivity index (χ4n) is 4.33. The maximum absolute atomic E-state index is 3.50. The van der Waals surface area contributed by atoms with E-state index in [1.165, 1.54) is 58.3 Å². The molecule has 3 nitrogen and oxygen atoms in total. The van der Waals surface area contributed by atoms with Crippen molar-refractivity contribution >= 4 is 0 Å². The summed E-state index contributed by atoms with van der Waals surface area (Å²) in [5.41, 5.74) is 0. The van der Waals surface area contributed by atoms with Crippen LogP contribution in [0.1, 0.15) is 52.9 Å². The molecule has 0 spiro atoms. The molecule has 1 N–H and O–H groups in total. The van der Waals surface area contributed by atoms with E-state index in [2.05, 4.69) is 35.9 Å². The van der Waals surface area contributed by atoms with E-state index in [0.29, 0.717) is 6.04 Å². The molecule has 20 heavy (non-hydrogen) atoms. The normalized spacial score (nSPS) is 33.5. The molecule has 2 atom stereocenters. The first-order valence-corrected chi connectivity index (χ1v) is 8.87. The van der Waals surface area contributed by atoms with Crippen molar-refractivity contribution in [1.82, 2.24) is 15.1 Å². The predicted molar refractivity (Wildman–Crippen MR) is 85.0 cm³/mol. The van der Waals surface area contributed by atoms with E-state index in [0.717, 1.165) is 24.0 Å². The van der Waals surface area contributed by atoms with Crippen LogP contribution in [0.4, 0.5) is 0 Å². The molecule has 0 aromatic carbocycles. The number of hydrogen-bond acceptors (Lipinski definition) is 3. The van der Waals surface area contributed by atoms with Crippen LogP contribution >= 0.6 is 0 Å². The molecule has 0 aromatic rings. The third-order valence-corrected chi connectivity index (χ3v) is 5.68. The number of piperidine rings is 1. The lowest BCUT2D eigenvalue weighted by molar-refractivity contribution is 0.116. The molecule has 3 fully saturated rings. The van der Waals surface area contributed by atoms with Crippen molar-refractivity contribution in [3.8, 4) is 0 Å². The first kappa shape index (κ1) is 14.8. The Morgan fingerprint density at radius 3 is 2.45 bits per heavy atom. The van der Waals surface area contributed by atoms with Crippen LogP contribution in [-0.2, 0) is 0 Å². The highest BCUT2D eigenvalue weighted by molar-refractivity contribution is 4.97. The topological polar surface area (TPSA) is 18.5 Å². The van der Waals surface area contributed by atoms with Crippen molar-refractivity contribution in [1.29, 1.82) is 0 Å². The van der Waals surface area contributed by atoms with Gasteiger partial charge in [-0.25, -0.2) is 0 Å². The SMILES string of the molecule is CC(C)N(CC1CCNCC1)C1CC(C)N(C2CC2)C1. The average Bonchev–Trinajstić information content (AvgIpc) is 3.20. The summed E-state index contributed by atoms with van der Waals surface area (Å²) in [5, 5.41) is 3.50. The molecular formula is C17H33N3. The predicted octanol–water partition coefficient (Wildman–Crippen LogP) is 2.32. The average molecular weight is 279 g/mol. The highest BCUT2D eigenvalue weighted by Gasteiger charge is 2.41. The van der Waals surface area contributed by atoms with Gasteiger partial charge in [-0.3, -0.25) is 9.80 Å². The highest BCUT2D eigenvalue weighted by Crippen LogP contribution is 2.35. The number of hydrogen-bond donors (Lipinski definition) is 1. The zero-order valence-corrected chi connectivity index (χ0v) is 13.6. The van der Waals surface area contributed by atoms with Crippen molar-refractivity contribution in [3.63, 3.8) is 0 Å². The summed E-state index contributed by atoms with van der Waals surface area (Å²) in [4.78, 5) is 5.62. The van der Waals surface area contributed by atoms with Crippen LogP contribution in [0.15, 0.2) is 0 Å². The number of nitrogens with one attached hydrogen (secondary N) is 1. The standard InChI is InChI=1S/C17H33N3/c1-13(2)19(11-15-6-8-18-9-7-15)17-10-14(3)20(12-17)16-4-5-16/h13-18H,4-12H2,1-3H3. The summed E-state index contributed by atoms with van der Waals surface area (Å²) in [5.74, 6) is 0.920. The van der Waals surface area contributed by atoms with Crippen LogP contribution in [0.3, 0.4) is 0 Å². The summed E-state index contributed by atoms with van der Waals surface area (Å²) >= 11 is 0.